The van der Waals surface area contributed by atoms with Gasteiger partial charge >= 0.3 is 0 Å². The number of sulfonamides is 1. The van der Waals surface area contributed by atoms with Crippen LogP contribution in [0.1, 0.15) is 15.2 Å². The standard InChI is InChI=1S/C21H16ClN5O3S3/c22-19-17(32-21(25-19)24-15-5-2-1-3-6-15)13-23-26-20(28)14-8-10-16(11-9-14)27-33(29,30)18-7-4-12-31-18/h1-13,27H,(H,24,25)(H,26,28)/b23-13+. The van der Waals surface area contributed by atoms with Crippen LogP contribution in [0.5, 0.6) is 0 Å². The van der Waals surface area contributed by atoms with Gasteiger partial charge in [0.1, 0.15) is 4.21 Å². The summed E-state index contributed by atoms with van der Waals surface area (Å²) in [6.45, 7) is 0. The summed E-state index contributed by atoms with van der Waals surface area (Å²) in [4.78, 5) is 17.1. The van der Waals surface area contributed by atoms with E-state index in [0.717, 1.165) is 17.0 Å². The number of para-hydroxylation sites is 1. The van der Waals surface area contributed by atoms with E-state index in [4.69, 9.17) is 11.6 Å². The Morgan fingerprint density at radius 1 is 1.00 bits per heavy atom. The van der Waals surface area contributed by atoms with Crippen molar-refractivity contribution in [3.05, 3.63) is 87.7 Å². The predicted octanol–water partition coefficient (Wildman–Crippen LogP) is 5.17. The number of thiophene rings is 1. The van der Waals surface area contributed by atoms with Crippen molar-refractivity contribution in [1.82, 2.24) is 10.4 Å². The molecule has 2 aromatic carbocycles. The SMILES string of the molecule is O=C(N/N=C/c1sc(Nc2ccccc2)nc1Cl)c1ccc(NS(=O)(=O)c2cccs2)cc1. The van der Waals surface area contributed by atoms with E-state index in [0.29, 0.717) is 21.3 Å². The highest BCUT2D eigenvalue weighted by Crippen LogP contribution is 2.27. The number of nitrogens with one attached hydrogen (secondary N) is 3. The molecule has 0 saturated carbocycles. The number of halogens is 1. The third-order valence-corrected chi connectivity index (χ3v) is 8.23. The smallest absolute Gasteiger partial charge is 0.271 e. The van der Waals surface area contributed by atoms with Gasteiger partial charge in [0.2, 0.25) is 0 Å². The summed E-state index contributed by atoms with van der Waals surface area (Å²) in [6.07, 6.45) is 1.41. The second-order valence-electron chi connectivity index (χ2n) is 6.48. The van der Waals surface area contributed by atoms with Crippen molar-refractivity contribution >= 4 is 72.9 Å². The average Bonchev–Trinajstić information content (AvgIpc) is 3.46. The highest BCUT2D eigenvalue weighted by molar-refractivity contribution is 7.94. The van der Waals surface area contributed by atoms with Gasteiger partial charge in [0, 0.05) is 16.9 Å². The van der Waals surface area contributed by atoms with Crippen molar-refractivity contribution in [1.29, 1.82) is 0 Å². The molecule has 2 heterocycles. The molecule has 4 rings (SSSR count). The van der Waals surface area contributed by atoms with Gasteiger partial charge < -0.3 is 5.32 Å². The van der Waals surface area contributed by atoms with Crippen LogP contribution in [-0.2, 0) is 10.0 Å². The molecule has 2 aromatic heterocycles. The molecule has 0 unspecified atom stereocenters. The molecule has 168 valence electrons. The number of hydrazone groups is 1. The summed E-state index contributed by atoms with van der Waals surface area (Å²) in [6, 6.07) is 18.7. The van der Waals surface area contributed by atoms with Gasteiger partial charge in [-0.2, -0.15) is 5.10 Å². The Balaban J connectivity index is 1.35. The highest BCUT2D eigenvalue weighted by atomic mass is 35.5. The van der Waals surface area contributed by atoms with Gasteiger partial charge in [-0.1, -0.05) is 47.2 Å². The molecule has 3 N–H and O–H groups in total. The monoisotopic (exact) mass is 517 g/mol. The lowest BCUT2D eigenvalue weighted by molar-refractivity contribution is 0.0955. The zero-order valence-electron chi connectivity index (χ0n) is 16.7. The van der Waals surface area contributed by atoms with Crippen LogP contribution in [-0.4, -0.2) is 25.5 Å². The Hall–Kier alpha value is -3.25. The minimum Gasteiger partial charge on any atom is -0.331 e. The Morgan fingerprint density at radius 3 is 2.45 bits per heavy atom. The molecule has 4 aromatic rings. The summed E-state index contributed by atoms with van der Waals surface area (Å²) in [7, 11) is -3.65. The molecule has 1 amide bonds. The third-order valence-electron chi connectivity index (χ3n) is 4.14. The lowest BCUT2D eigenvalue weighted by atomic mass is 10.2. The lowest BCUT2D eigenvalue weighted by Gasteiger charge is -2.07. The number of hydrogen-bond donors (Lipinski definition) is 3. The van der Waals surface area contributed by atoms with E-state index in [1.54, 1.807) is 11.4 Å². The number of anilines is 3. The molecule has 0 fully saturated rings. The van der Waals surface area contributed by atoms with E-state index in [9.17, 15) is 13.2 Å². The average molecular weight is 518 g/mol. The van der Waals surface area contributed by atoms with Crippen LogP contribution in [0.4, 0.5) is 16.5 Å². The number of nitrogens with zero attached hydrogens (tertiary/aromatic N) is 2. The maximum absolute atomic E-state index is 12.3. The first-order chi connectivity index (χ1) is 15.9. The summed E-state index contributed by atoms with van der Waals surface area (Å²) in [5, 5.41) is 9.63. The van der Waals surface area contributed by atoms with E-state index in [1.165, 1.54) is 47.9 Å². The topological polar surface area (TPSA) is 113 Å². The molecule has 0 bridgehead atoms. The summed E-state index contributed by atoms with van der Waals surface area (Å²) < 4.78 is 27.2. The van der Waals surface area contributed by atoms with Crippen molar-refractivity contribution in [2.75, 3.05) is 10.0 Å². The molecular weight excluding hydrogens is 502 g/mol. The van der Waals surface area contributed by atoms with Crippen LogP contribution in [0.25, 0.3) is 0 Å². The number of amides is 1. The van der Waals surface area contributed by atoms with Crippen molar-refractivity contribution < 1.29 is 13.2 Å². The van der Waals surface area contributed by atoms with Crippen LogP contribution in [0.2, 0.25) is 5.15 Å². The summed E-state index contributed by atoms with van der Waals surface area (Å²) >= 11 is 8.56. The highest BCUT2D eigenvalue weighted by Gasteiger charge is 2.15. The predicted molar refractivity (Wildman–Crippen MR) is 133 cm³/mol. The zero-order valence-corrected chi connectivity index (χ0v) is 19.9. The number of hydrogen-bond acceptors (Lipinski definition) is 8. The van der Waals surface area contributed by atoms with Crippen molar-refractivity contribution in [3.63, 3.8) is 0 Å². The second kappa shape index (κ2) is 10.1. The fourth-order valence-corrected chi connectivity index (χ4v) is 5.72. The molecule has 12 heteroatoms. The summed E-state index contributed by atoms with van der Waals surface area (Å²) in [5.41, 5.74) is 3.95. The number of benzene rings is 2. The lowest BCUT2D eigenvalue weighted by Crippen LogP contribution is -2.17. The van der Waals surface area contributed by atoms with Crippen LogP contribution < -0.4 is 15.5 Å². The number of thiazole rings is 1. The Kier molecular flexibility index (Phi) is 7.04. The number of carbonyl (C=O) groups excluding carboxylic acids is 1. The number of carbonyl (C=O) groups is 1. The first-order valence-electron chi connectivity index (χ1n) is 9.39. The normalized spacial score (nSPS) is 11.4. The minimum absolute atomic E-state index is 0.211. The Bertz CT molecular complexity index is 1370. The molecular formula is C21H16ClN5O3S3. The number of aromatic nitrogens is 1. The minimum atomic E-state index is -3.65. The van der Waals surface area contributed by atoms with E-state index >= 15 is 0 Å². The van der Waals surface area contributed by atoms with Crippen molar-refractivity contribution in [3.8, 4) is 0 Å². The van der Waals surface area contributed by atoms with E-state index < -0.39 is 15.9 Å². The maximum Gasteiger partial charge on any atom is 0.271 e. The molecule has 0 radical (unpaired) electrons. The van der Waals surface area contributed by atoms with E-state index in [2.05, 4.69) is 25.6 Å². The van der Waals surface area contributed by atoms with Gasteiger partial charge in [0.25, 0.3) is 15.9 Å². The largest absolute Gasteiger partial charge is 0.331 e. The molecule has 8 nitrogen and oxygen atoms in total. The van der Waals surface area contributed by atoms with Crippen LogP contribution in [0.15, 0.2) is 81.4 Å². The van der Waals surface area contributed by atoms with Crippen molar-refractivity contribution in [2.24, 2.45) is 5.10 Å². The van der Waals surface area contributed by atoms with Crippen LogP contribution in [0, 0.1) is 0 Å². The fourth-order valence-electron chi connectivity index (χ4n) is 2.62. The molecule has 0 atom stereocenters. The maximum atomic E-state index is 12.3. The van der Waals surface area contributed by atoms with Crippen LogP contribution >= 0.6 is 34.3 Å². The van der Waals surface area contributed by atoms with Gasteiger partial charge in [-0.05, 0) is 47.8 Å². The number of rotatable bonds is 8. The molecule has 0 saturated heterocycles. The van der Waals surface area contributed by atoms with Crippen molar-refractivity contribution in [2.45, 2.75) is 4.21 Å². The van der Waals surface area contributed by atoms with Gasteiger partial charge in [-0.15, -0.1) is 11.3 Å². The zero-order chi connectivity index (χ0) is 23.3. The first-order valence-corrected chi connectivity index (χ1v) is 12.9. The van der Waals surface area contributed by atoms with E-state index in [-0.39, 0.29) is 9.36 Å². The van der Waals surface area contributed by atoms with Crippen LogP contribution in [0.3, 0.4) is 0 Å². The quantitative estimate of drug-likeness (QED) is 0.220. The Labute approximate surface area is 203 Å². The fraction of sp³-hybridized carbons (Fsp3) is 0. The molecule has 0 spiro atoms. The molecule has 0 aliphatic rings. The molecule has 33 heavy (non-hydrogen) atoms. The molecule has 0 aliphatic carbocycles. The Morgan fingerprint density at radius 2 is 1.76 bits per heavy atom. The van der Waals surface area contributed by atoms with E-state index in [1.807, 2.05) is 30.3 Å². The van der Waals surface area contributed by atoms with Gasteiger partial charge in [0.15, 0.2) is 10.3 Å². The third kappa shape index (κ3) is 5.96. The van der Waals surface area contributed by atoms with Gasteiger partial charge in [-0.25, -0.2) is 18.8 Å². The molecule has 0 aliphatic heterocycles. The summed E-state index contributed by atoms with van der Waals surface area (Å²) in [5.74, 6) is -0.456. The first kappa shape index (κ1) is 22.9. The van der Waals surface area contributed by atoms with Gasteiger partial charge in [0.05, 0.1) is 11.1 Å². The second-order valence-corrected chi connectivity index (χ2v) is 10.7. The van der Waals surface area contributed by atoms with Gasteiger partial charge in [-0.3, -0.25) is 9.52 Å².